The third-order valence-electron chi connectivity index (χ3n) is 2.74. The normalized spacial score (nSPS) is 17.9. The second-order valence-electron chi connectivity index (χ2n) is 3.83. The summed E-state index contributed by atoms with van der Waals surface area (Å²) in [6.07, 6.45) is 1.98. The van der Waals surface area contributed by atoms with Crippen molar-refractivity contribution in [3.05, 3.63) is 35.1 Å². The van der Waals surface area contributed by atoms with Gasteiger partial charge in [-0.15, -0.1) is 0 Å². The number of halogens is 1. The lowest BCUT2D eigenvalue weighted by atomic mass is 9.93. The smallest absolute Gasteiger partial charge is 0.128 e. The lowest BCUT2D eigenvalue weighted by molar-refractivity contribution is 0.585. The predicted molar refractivity (Wildman–Crippen MR) is 47.7 cm³/mol. The average molecular weight is 175 g/mol. The summed E-state index contributed by atoms with van der Waals surface area (Å²) >= 11 is 0. The van der Waals surface area contributed by atoms with E-state index < -0.39 is 0 Å². The summed E-state index contributed by atoms with van der Waals surface area (Å²) in [5, 5.41) is 8.82. The zero-order chi connectivity index (χ0) is 9.47. The predicted octanol–water partition coefficient (Wildman–Crippen LogP) is 2.75. The molecule has 0 bridgehead atoms. The molecule has 2 heteroatoms. The molecule has 0 unspecified atom stereocenters. The molecule has 0 aliphatic heterocycles. The molecule has 1 saturated carbocycles. The molecule has 1 aliphatic rings. The molecule has 2 rings (SSSR count). The van der Waals surface area contributed by atoms with Crippen LogP contribution >= 0.6 is 0 Å². The average Bonchev–Trinajstić information content (AvgIpc) is 2.84. The van der Waals surface area contributed by atoms with Gasteiger partial charge < -0.3 is 0 Å². The highest BCUT2D eigenvalue weighted by molar-refractivity contribution is 5.45. The van der Waals surface area contributed by atoms with E-state index in [2.05, 4.69) is 0 Å². The lowest BCUT2D eigenvalue weighted by Crippen LogP contribution is -2.06. The highest BCUT2D eigenvalue weighted by atomic mass is 19.1. The molecule has 1 aromatic rings. The minimum Gasteiger partial charge on any atom is -0.207 e. The molecule has 13 heavy (non-hydrogen) atoms. The Morgan fingerprint density at radius 3 is 2.69 bits per heavy atom. The van der Waals surface area contributed by atoms with E-state index in [-0.39, 0.29) is 11.2 Å². The Morgan fingerprint density at radius 2 is 2.15 bits per heavy atom. The summed E-state index contributed by atoms with van der Waals surface area (Å²) in [5.74, 6) is -0.237. The van der Waals surface area contributed by atoms with Crippen molar-refractivity contribution in [3.8, 4) is 6.07 Å². The molecular formula is C11H10FN. The Labute approximate surface area is 76.8 Å². The van der Waals surface area contributed by atoms with Crippen molar-refractivity contribution in [1.29, 1.82) is 5.26 Å². The zero-order valence-electron chi connectivity index (χ0n) is 7.47. The summed E-state index contributed by atoms with van der Waals surface area (Å²) in [7, 11) is 0. The van der Waals surface area contributed by atoms with Gasteiger partial charge in [-0.05, 0) is 30.4 Å². The van der Waals surface area contributed by atoms with Gasteiger partial charge in [0, 0.05) is 5.56 Å². The second-order valence-corrected chi connectivity index (χ2v) is 3.83. The fourth-order valence-corrected chi connectivity index (χ4v) is 1.67. The van der Waals surface area contributed by atoms with Gasteiger partial charge in [0.2, 0.25) is 0 Å². The monoisotopic (exact) mass is 175 g/mol. The maximum Gasteiger partial charge on any atom is 0.128 e. The number of nitrogens with zero attached hydrogens (tertiary/aromatic N) is 1. The summed E-state index contributed by atoms with van der Waals surface area (Å²) in [6.45, 7) is 2.01. The molecule has 0 radical (unpaired) electrons. The van der Waals surface area contributed by atoms with Crippen LogP contribution in [-0.4, -0.2) is 0 Å². The molecule has 1 aromatic carbocycles. The molecule has 0 heterocycles. The summed E-state index contributed by atoms with van der Waals surface area (Å²) in [4.78, 5) is 0. The van der Waals surface area contributed by atoms with E-state index in [0.29, 0.717) is 11.1 Å². The van der Waals surface area contributed by atoms with E-state index in [1.807, 2.05) is 13.0 Å². The maximum atomic E-state index is 13.4. The van der Waals surface area contributed by atoms with Crippen LogP contribution in [0.25, 0.3) is 0 Å². The third-order valence-corrected chi connectivity index (χ3v) is 2.74. The minimum atomic E-state index is -0.237. The Bertz CT molecular complexity index is 386. The Kier molecular flexibility index (Phi) is 1.63. The SMILES string of the molecule is CC1(c2c(F)cccc2C#N)CC1. The highest BCUT2D eigenvalue weighted by Gasteiger charge is 2.42. The third kappa shape index (κ3) is 1.21. The number of rotatable bonds is 1. The van der Waals surface area contributed by atoms with Crippen LogP contribution in [0.5, 0.6) is 0 Å². The summed E-state index contributed by atoms with van der Waals surface area (Å²) in [5.41, 5.74) is 1.02. The van der Waals surface area contributed by atoms with E-state index in [0.717, 1.165) is 12.8 Å². The quantitative estimate of drug-likeness (QED) is 0.643. The van der Waals surface area contributed by atoms with Crippen LogP contribution in [-0.2, 0) is 5.41 Å². The van der Waals surface area contributed by atoms with Gasteiger partial charge in [0.15, 0.2) is 0 Å². The van der Waals surface area contributed by atoms with Gasteiger partial charge in [0.05, 0.1) is 11.6 Å². The topological polar surface area (TPSA) is 23.8 Å². The van der Waals surface area contributed by atoms with E-state index in [4.69, 9.17) is 5.26 Å². The van der Waals surface area contributed by atoms with Gasteiger partial charge in [-0.2, -0.15) is 5.26 Å². The van der Waals surface area contributed by atoms with Crippen molar-refractivity contribution in [2.75, 3.05) is 0 Å². The van der Waals surface area contributed by atoms with Crippen molar-refractivity contribution >= 4 is 0 Å². The van der Waals surface area contributed by atoms with Crippen LogP contribution in [0.3, 0.4) is 0 Å². The standard InChI is InChI=1S/C11H10FN/c1-11(5-6-11)10-8(7-13)3-2-4-9(10)12/h2-4H,5-6H2,1H3. The van der Waals surface area contributed by atoms with Gasteiger partial charge in [-0.1, -0.05) is 13.0 Å². The van der Waals surface area contributed by atoms with Crippen LogP contribution in [0.15, 0.2) is 18.2 Å². The molecule has 0 spiro atoms. The van der Waals surface area contributed by atoms with E-state index in [1.165, 1.54) is 6.07 Å². The summed E-state index contributed by atoms with van der Waals surface area (Å²) < 4.78 is 13.4. The van der Waals surface area contributed by atoms with Gasteiger partial charge in [0.1, 0.15) is 5.82 Å². The summed E-state index contributed by atoms with van der Waals surface area (Å²) in [6, 6.07) is 6.74. The van der Waals surface area contributed by atoms with Crippen LogP contribution in [0.4, 0.5) is 4.39 Å². The van der Waals surface area contributed by atoms with Crippen molar-refractivity contribution in [3.63, 3.8) is 0 Å². The fraction of sp³-hybridized carbons (Fsp3) is 0.364. The van der Waals surface area contributed by atoms with Crippen molar-refractivity contribution < 1.29 is 4.39 Å². The largest absolute Gasteiger partial charge is 0.207 e. The van der Waals surface area contributed by atoms with Crippen LogP contribution in [0.2, 0.25) is 0 Å². The van der Waals surface area contributed by atoms with Crippen LogP contribution in [0.1, 0.15) is 30.9 Å². The molecule has 0 amide bonds. The first kappa shape index (κ1) is 8.25. The van der Waals surface area contributed by atoms with Crippen molar-refractivity contribution in [1.82, 2.24) is 0 Å². The van der Waals surface area contributed by atoms with Crippen molar-refractivity contribution in [2.24, 2.45) is 0 Å². The Hall–Kier alpha value is -1.36. The molecule has 1 fully saturated rings. The number of hydrogen-bond acceptors (Lipinski definition) is 1. The Balaban J connectivity index is 2.61. The Morgan fingerprint density at radius 1 is 1.46 bits per heavy atom. The fourth-order valence-electron chi connectivity index (χ4n) is 1.67. The van der Waals surface area contributed by atoms with Crippen LogP contribution in [0, 0.1) is 17.1 Å². The van der Waals surface area contributed by atoms with Gasteiger partial charge in [-0.25, -0.2) is 4.39 Å². The number of benzene rings is 1. The molecular weight excluding hydrogens is 165 g/mol. The first-order chi connectivity index (χ1) is 6.17. The molecule has 1 nitrogen and oxygen atoms in total. The highest BCUT2D eigenvalue weighted by Crippen LogP contribution is 2.49. The van der Waals surface area contributed by atoms with E-state index in [9.17, 15) is 4.39 Å². The van der Waals surface area contributed by atoms with E-state index >= 15 is 0 Å². The molecule has 66 valence electrons. The lowest BCUT2D eigenvalue weighted by Gasteiger charge is -2.11. The molecule has 0 N–H and O–H groups in total. The molecule has 0 saturated heterocycles. The second kappa shape index (κ2) is 2.56. The zero-order valence-corrected chi connectivity index (χ0v) is 7.47. The van der Waals surface area contributed by atoms with Gasteiger partial charge in [-0.3, -0.25) is 0 Å². The molecule has 0 aromatic heterocycles. The van der Waals surface area contributed by atoms with E-state index in [1.54, 1.807) is 12.1 Å². The maximum absolute atomic E-state index is 13.4. The van der Waals surface area contributed by atoms with Crippen LogP contribution < -0.4 is 0 Å². The number of nitriles is 1. The van der Waals surface area contributed by atoms with Gasteiger partial charge in [0.25, 0.3) is 0 Å². The molecule has 0 atom stereocenters. The minimum absolute atomic E-state index is 0.0730. The van der Waals surface area contributed by atoms with Gasteiger partial charge >= 0.3 is 0 Å². The molecule has 1 aliphatic carbocycles. The van der Waals surface area contributed by atoms with Crippen molar-refractivity contribution in [2.45, 2.75) is 25.2 Å². The number of hydrogen-bond donors (Lipinski definition) is 0. The first-order valence-corrected chi connectivity index (χ1v) is 4.36. The first-order valence-electron chi connectivity index (χ1n) is 4.36.